The molecule has 0 unspecified atom stereocenters. The Kier molecular flexibility index (Phi) is 8.08. The van der Waals surface area contributed by atoms with Crippen molar-refractivity contribution in [3.8, 4) is 11.1 Å². The van der Waals surface area contributed by atoms with Crippen LogP contribution < -0.4 is 15.4 Å². The Morgan fingerprint density at radius 2 is 1.48 bits per heavy atom. The number of aliphatic carboxylic acids is 1. The van der Waals surface area contributed by atoms with E-state index in [1.165, 1.54) is 19.2 Å². The van der Waals surface area contributed by atoms with Crippen molar-refractivity contribution in [2.45, 2.75) is 31.7 Å². The molecule has 10 nitrogen and oxygen atoms in total. The Hall–Kier alpha value is -4.48. The number of carboxylic acids is 1. The molecule has 11 heteroatoms. The van der Waals surface area contributed by atoms with Gasteiger partial charge in [0.25, 0.3) is 11.8 Å². The van der Waals surface area contributed by atoms with Crippen molar-refractivity contribution in [1.29, 1.82) is 0 Å². The van der Waals surface area contributed by atoms with Crippen LogP contribution in [0.5, 0.6) is 0 Å². The van der Waals surface area contributed by atoms with Crippen molar-refractivity contribution in [3.63, 3.8) is 0 Å². The maximum atomic E-state index is 13.0. The normalized spacial score (nSPS) is 12.3. The van der Waals surface area contributed by atoms with Crippen molar-refractivity contribution in [3.05, 3.63) is 83.6 Å². The second kappa shape index (κ2) is 11.3. The zero-order valence-electron chi connectivity index (χ0n) is 22.3. The van der Waals surface area contributed by atoms with E-state index >= 15 is 0 Å². The summed E-state index contributed by atoms with van der Waals surface area (Å²) in [5, 5.41) is 15.3. The van der Waals surface area contributed by atoms with Crippen molar-refractivity contribution < 1.29 is 32.3 Å². The lowest BCUT2D eigenvalue weighted by Gasteiger charge is -2.18. The molecule has 4 rings (SSSR count). The van der Waals surface area contributed by atoms with Gasteiger partial charge in [-0.25, -0.2) is 8.42 Å². The molecule has 208 valence electrons. The van der Waals surface area contributed by atoms with Crippen molar-refractivity contribution in [2.24, 2.45) is 5.92 Å². The molecule has 1 aromatic heterocycles. The molecule has 0 spiro atoms. The van der Waals surface area contributed by atoms with E-state index in [0.29, 0.717) is 27.8 Å². The first-order valence-corrected chi connectivity index (χ1v) is 13.9. The first kappa shape index (κ1) is 28.5. The van der Waals surface area contributed by atoms with Crippen LogP contribution in [0.15, 0.2) is 76.0 Å². The van der Waals surface area contributed by atoms with Crippen molar-refractivity contribution >= 4 is 44.5 Å². The molecule has 1 heterocycles. The summed E-state index contributed by atoms with van der Waals surface area (Å²) in [6.07, 6.45) is 0. The van der Waals surface area contributed by atoms with Gasteiger partial charge >= 0.3 is 5.97 Å². The van der Waals surface area contributed by atoms with Gasteiger partial charge in [-0.05, 0) is 60.4 Å². The minimum absolute atomic E-state index is 0.0483. The first-order valence-electron chi connectivity index (χ1n) is 12.4. The summed E-state index contributed by atoms with van der Waals surface area (Å²) in [6.45, 7) is 4.97. The maximum absolute atomic E-state index is 13.0. The Labute approximate surface area is 231 Å². The van der Waals surface area contributed by atoms with Gasteiger partial charge in [0.15, 0.2) is 5.76 Å². The summed E-state index contributed by atoms with van der Waals surface area (Å²) >= 11 is 0. The molecule has 0 saturated heterocycles. The lowest BCUT2D eigenvalue weighted by molar-refractivity contribution is -0.140. The van der Waals surface area contributed by atoms with E-state index in [1.807, 2.05) is 0 Å². The van der Waals surface area contributed by atoms with Crippen LogP contribution in [-0.4, -0.2) is 44.4 Å². The number of benzene rings is 3. The summed E-state index contributed by atoms with van der Waals surface area (Å²) in [5.41, 5.74) is 3.41. The Balaban J connectivity index is 1.50. The van der Waals surface area contributed by atoms with Crippen LogP contribution in [0.25, 0.3) is 22.1 Å². The minimum atomic E-state index is -4.03. The molecule has 2 amide bonds. The smallest absolute Gasteiger partial charge is 0.322 e. The highest BCUT2D eigenvalue weighted by molar-refractivity contribution is 7.89. The average molecular weight is 564 g/mol. The fourth-order valence-corrected chi connectivity index (χ4v) is 5.65. The van der Waals surface area contributed by atoms with Crippen LogP contribution in [0.1, 0.15) is 40.3 Å². The fraction of sp³-hybridized carbons (Fsp3) is 0.207. The fourth-order valence-electron chi connectivity index (χ4n) is 4.31. The highest BCUT2D eigenvalue weighted by Gasteiger charge is 2.28. The molecule has 0 fully saturated rings. The number of carbonyl (C=O) groups excluding carboxylic acids is 2. The minimum Gasteiger partial charge on any atom is -0.480 e. The number of hydrogen-bond donors (Lipinski definition) is 4. The van der Waals surface area contributed by atoms with E-state index in [-0.39, 0.29) is 16.6 Å². The Bertz CT molecular complexity index is 1690. The largest absolute Gasteiger partial charge is 0.480 e. The van der Waals surface area contributed by atoms with E-state index in [2.05, 4.69) is 15.4 Å². The van der Waals surface area contributed by atoms with Crippen LogP contribution >= 0.6 is 0 Å². The lowest BCUT2D eigenvalue weighted by Crippen LogP contribution is -2.44. The van der Waals surface area contributed by atoms with Gasteiger partial charge in [0, 0.05) is 23.7 Å². The van der Waals surface area contributed by atoms with Gasteiger partial charge in [-0.1, -0.05) is 44.2 Å². The predicted molar refractivity (Wildman–Crippen MR) is 151 cm³/mol. The van der Waals surface area contributed by atoms with Crippen molar-refractivity contribution in [2.75, 3.05) is 12.4 Å². The third-order valence-corrected chi connectivity index (χ3v) is 7.94. The molecule has 0 aliphatic rings. The van der Waals surface area contributed by atoms with E-state index in [1.54, 1.807) is 75.4 Å². The molecule has 4 aromatic rings. The van der Waals surface area contributed by atoms with Gasteiger partial charge < -0.3 is 20.2 Å². The number of rotatable bonds is 9. The quantitative estimate of drug-likeness (QED) is 0.235. The Morgan fingerprint density at radius 3 is 2.02 bits per heavy atom. The second-order valence-electron chi connectivity index (χ2n) is 9.55. The molecule has 40 heavy (non-hydrogen) atoms. The molecule has 1 atom stereocenters. The van der Waals surface area contributed by atoms with Gasteiger partial charge in [-0.3, -0.25) is 14.4 Å². The third-order valence-electron chi connectivity index (χ3n) is 6.49. The summed E-state index contributed by atoms with van der Waals surface area (Å²) < 4.78 is 33.3. The maximum Gasteiger partial charge on any atom is 0.322 e. The zero-order valence-corrected chi connectivity index (χ0v) is 23.1. The molecule has 0 saturated carbocycles. The second-order valence-corrected chi connectivity index (χ2v) is 11.3. The van der Waals surface area contributed by atoms with E-state index in [9.17, 15) is 27.9 Å². The topological polar surface area (TPSA) is 155 Å². The van der Waals surface area contributed by atoms with Crippen LogP contribution in [-0.2, 0) is 14.8 Å². The van der Waals surface area contributed by atoms with Gasteiger partial charge in [-0.15, -0.1) is 0 Å². The number of sulfonamides is 1. The molecule has 0 aliphatic heterocycles. The SMILES string of the molecule is CNC(=O)c1cccc2oc(C(=O)Nc3ccc(-c4ccc(S(=O)(=O)N[C@H](C(=O)O)C(C)C)cc4)cc3)c(C)c12. The molecule has 3 aromatic carbocycles. The first-order chi connectivity index (χ1) is 18.9. The monoisotopic (exact) mass is 563 g/mol. The summed E-state index contributed by atoms with van der Waals surface area (Å²) in [5.74, 6) is -2.32. The molecular formula is C29H29N3O7S. The number of fused-ring (bicyclic) bond motifs is 1. The molecule has 0 radical (unpaired) electrons. The highest BCUT2D eigenvalue weighted by atomic mass is 32.2. The number of hydrogen-bond acceptors (Lipinski definition) is 6. The number of carboxylic acid groups (broad SMARTS) is 1. The predicted octanol–water partition coefficient (Wildman–Crippen LogP) is 4.41. The third kappa shape index (κ3) is 5.75. The van der Waals surface area contributed by atoms with E-state index < -0.39 is 33.9 Å². The van der Waals surface area contributed by atoms with Gasteiger partial charge in [0.05, 0.1) is 10.5 Å². The van der Waals surface area contributed by atoms with Crippen LogP contribution in [0, 0.1) is 12.8 Å². The summed E-state index contributed by atoms with van der Waals surface area (Å²) in [4.78, 5) is 36.6. The zero-order chi connectivity index (χ0) is 29.2. The number of carbonyl (C=O) groups is 3. The van der Waals surface area contributed by atoms with Crippen LogP contribution in [0.2, 0.25) is 0 Å². The standard InChI is InChI=1S/C29H29N3O7S/c1-16(2)25(29(35)36)32-40(37,38)21-14-10-19(11-15-21)18-8-12-20(13-9-18)31-28(34)26-17(3)24-22(27(33)30-4)6-5-7-23(24)39-26/h5-16,25,32H,1-4H3,(H,30,33)(H,31,34)(H,35,36)/t25-/m0/s1. The lowest BCUT2D eigenvalue weighted by atomic mass is 10.0. The van der Waals surface area contributed by atoms with Gasteiger partial charge in [-0.2, -0.15) is 4.72 Å². The number of anilines is 1. The number of aryl methyl sites for hydroxylation is 1. The summed E-state index contributed by atoms with van der Waals surface area (Å²) in [6, 6.07) is 16.8. The average Bonchev–Trinajstić information content (AvgIpc) is 3.28. The summed E-state index contributed by atoms with van der Waals surface area (Å²) in [7, 11) is -2.49. The number of furan rings is 1. The van der Waals surface area contributed by atoms with Gasteiger partial charge in [0.2, 0.25) is 10.0 Å². The molecule has 0 bridgehead atoms. The van der Waals surface area contributed by atoms with E-state index in [4.69, 9.17) is 4.42 Å². The Morgan fingerprint density at radius 1 is 0.875 bits per heavy atom. The highest BCUT2D eigenvalue weighted by Crippen LogP contribution is 2.30. The van der Waals surface area contributed by atoms with Crippen molar-refractivity contribution in [1.82, 2.24) is 10.0 Å². The van der Waals surface area contributed by atoms with E-state index in [0.717, 1.165) is 11.1 Å². The molecule has 0 aliphatic carbocycles. The van der Waals surface area contributed by atoms with Gasteiger partial charge in [0.1, 0.15) is 11.6 Å². The molecule has 4 N–H and O–H groups in total. The molecular weight excluding hydrogens is 534 g/mol. The van der Waals surface area contributed by atoms with Crippen LogP contribution in [0.4, 0.5) is 5.69 Å². The number of nitrogens with one attached hydrogen (secondary N) is 3. The number of amides is 2. The van der Waals surface area contributed by atoms with Crippen LogP contribution in [0.3, 0.4) is 0 Å².